The van der Waals surface area contributed by atoms with E-state index < -0.39 is 0 Å². The van der Waals surface area contributed by atoms with Crippen LogP contribution >= 0.6 is 11.8 Å². The molecule has 1 N–H and O–H groups in total. The highest BCUT2D eigenvalue weighted by molar-refractivity contribution is 7.99. The molecule has 0 radical (unpaired) electrons. The van der Waals surface area contributed by atoms with E-state index in [4.69, 9.17) is 0 Å². The molecule has 0 bridgehead atoms. The fourth-order valence-electron chi connectivity index (χ4n) is 2.27. The molecule has 0 atom stereocenters. The average Bonchev–Trinajstić information content (AvgIpc) is 2.86. The summed E-state index contributed by atoms with van der Waals surface area (Å²) in [6.45, 7) is 2.20. The lowest BCUT2D eigenvalue weighted by molar-refractivity contribution is 0.862. The van der Waals surface area contributed by atoms with Gasteiger partial charge in [0, 0.05) is 4.90 Å². The number of unbranched alkanes of at least 4 members (excludes halogenated alkanes) is 1. The van der Waals surface area contributed by atoms with Gasteiger partial charge in [-0.2, -0.15) is 0 Å². The molecule has 0 saturated carbocycles. The SMILES string of the molecule is CCCCSc1ccc(-n2[nH]c3ccccc3c2=O)cc1. The van der Waals surface area contributed by atoms with Crippen LogP contribution in [0, 0.1) is 0 Å². The summed E-state index contributed by atoms with van der Waals surface area (Å²) >= 11 is 1.86. The van der Waals surface area contributed by atoms with Gasteiger partial charge in [-0.25, -0.2) is 4.68 Å². The first-order valence-corrected chi connectivity index (χ1v) is 8.21. The van der Waals surface area contributed by atoms with E-state index in [1.165, 1.54) is 17.7 Å². The van der Waals surface area contributed by atoms with Gasteiger partial charge in [0.1, 0.15) is 0 Å². The minimum atomic E-state index is -0.00279. The molecule has 0 unspecified atom stereocenters. The average molecular weight is 298 g/mol. The van der Waals surface area contributed by atoms with Crippen LogP contribution in [0.15, 0.2) is 58.2 Å². The molecular formula is C17H18N2OS. The van der Waals surface area contributed by atoms with Crippen LogP contribution in [0.25, 0.3) is 16.6 Å². The van der Waals surface area contributed by atoms with Crippen molar-refractivity contribution in [2.24, 2.45) is 0 Å². The Labute approximate surface area is 128 Å². The first kappa shape index (κ1) is 14.0. The summed E-state index contributed by atoms with van der Waals surface area (Å²) in [4.78, 5) is 13.6. The normalized spacial score (nSPS) is 11.1. The molecule has 3 nitrogen and oxygen atoms in total. The standard InChI is InChI=1S/C17H18N2OS/c1-2-3-12-21-14-10-8-13(9-11-14)19-17(20)15-6-4-5-7-16(15)18-19/h4-11,18H,2-3,12H2,1H3. The van der Waals surface area contributed by atoms with Crippen molar-refractivity contribution in [1.82, 2.24) is 9.78 Å². The summed E-state index contributed by atoms with van der Waals surface area (Å²) in [6, 6.07) is 15.7. The van der Waals surface area contributed by atoms with Crippen LogP contribution in [0.2, 0.25) is 0 Å². The van der Waals surface area contributed by atoms with Gasteiger partial charge in [-0.15, -0.1) is 11.8 Å². The Hall–Kier alpha value is -1.94. The Bertz CT molecular complexity index is 786. The Morgan fingerprint density at radius 2 is 1.86 bits per heavy atom. The van der Waals surface area contributed by atoms with Gasteiger partial charge in [0.25, 0.3) is 5.56 Å². The lowest BCUT2D eigenvalue weighted by atomic mass is 10.2. The third kappa shape index (κ3) is 2.90. The smallest absolute Gasteiger partial charge is 0.279 e. The zero-order chi connectivity index (χ0) is 14.7. The largest absolute Gasteiger partial charge is 0.290 e. The molecular weight excluding hydrogens is 280 g/mol. The molecule has 3 rings (SSSR count). The monoisotopic (exact) mass is 298 g/mol. The van der Waals surface area contributed by atoms with Gasteiger partial charge in [-0.1, -0.05) is 25.5 Å². The number of H-pyrrole nitrogens is 1. The summed E-state index contributed by atoms with van der Waals surface area (Å²) in [7, 11) is 0. The molecule has 0 aliphatic carbocycles. The van der Waals surface area contributed by atoms with Crippen LogP contribution in [-0.2, 0) is 0 Å². The third-order valence-corrected chi connectivity index (χ3v) is 4.55. The van der Waals surface area contributed by atoms with Gasteiger partial charge in [0.05, 0.1) is 16.6 Å². The number of aromatic nitrogens is 2. The minimum absolute atomic E-state index is 0.00279. The minimum Gasteiger partial charge on any atom is -0.290 e. The van der Waals surface area contributed by atoms with Crippen molar-refractivity contribution in [1.29, 1.82) is 0 Å². The number of hydrogen-bond acceptors (Lipinski definition) is 2. The fraction of sp³-hybridized carbons (Fsp3) is 0.235. The summed E-state index contributed by atoms with van der Waals surface area (Å²) in [5.74, 6) is 1.14. The summed E-state index contributed by atoms with van der Waals surface area (Å²) in [5.41, 5.74) is 1.73. The van der Waals surface area contributed by atoms with E-state index in [0.29, 0.717) is 0 Å². The number of nitrogens with zero attached hydrogens (tertiary/aromatic N) is 1. The number of aromatic amines is 1. The van der Waals surface area contributed by atoms with Gasteiger partial charge in [0.2, 0.25) is 0 Å². The third-order valence-electron chi connectivity index (χ3n) is 3.45. The molecule has 0 spiro atoms. The summed E-state index contributed by atoms with van der Waals surface area (Å²) in [6.07, 6.45) is 2.45. The Morgan fingerprint density at radius 1 is 1.10 bits per heavy atom. The number of thioether (sulfide) groups is 1. The maximum atomic E-state index is 12.4. The van der Waals surface area contributed by atoms with E-state index in [0.717, 1.165) is 22.3 Å². The lowest BCUT2D eigenvalue weighted by Gasteiger charge is -2.04. The van der Waals surface area contributed by atoms with Crippen molar-refractivity contribution in [2.75, 3.05) is 5.75 Å². The highest BCUT2D eigenvalue weighted by Gasteiger charge is 2.07. The number of fused-ring (bicyclic) bond motifs is 1. The van der Waals surface area contributed by atoms with Gasteiger partial charge >= 0.3 is 0 Å². The zero-order valence-electron chi connectivity index (χ0n) is 12.0. The van der Waals surface area contributed by atoms with Crippen LogP contribution in [0.1, 0.15) is 19.8 Å². The van der Waals surface area contributed by atoms with Crippen molar-refractivity contribution < 1.29 is 0 Å². The first-order valence-electron chi connectivity index (χ1n) is 7.22. The highest BCUT2D eigenvalue weighted by Crippen LogP contribution is 2.21. The fourth-order valence-corrected chi connectivity index (χ4v) is 3.26. The lowest BCUT2D eigenvalue weighted by Crippen LogP contribution is -2.13. The molecule has 0 fully saturated rings. The molecule has 3 aromatic rings. The van der Waals surface area contributed by atoms with Crippen molar-refractivity contribution in [3.63, 3.8) is 0 Å². The van der Waals surface area contributed by atoms with Crippen LogP contribution in [0.5, 0.6) is 0 Å². The maximum Gasteiger partial charge on any atom is 0.279 e. The molecule has 1 aromatic heterocycles. The van der Waals surface area contributed by atoms with E-state index >= 15 is 0 Å². The second kappa shape index (κ2) is 6.22. The Balaban J connectivity index is 1.89. The van der Waals surface area contributed by atoms with Crippen molar-refractivity contribution in [3.05, 3.63) is 58.9 Å². The van der Waals surface area contributed by atoms with E-state index in [9.17, 15) is 4.79 Å². The maximum absolute atomic E-state index is 12.4. The van der Waals surface area contributed by atoms with Crippen LogP contribution < -0.4 is 5.56 Å². The van der Waals surface area contributed by atoms with Crippen molar-refractivity contribution in [3.8, 4) is 5.69 Å². The number of para-hydroxylation sites is 1. The summed E-state index contributed by atoms with van der Waals surface area (Å²) in [5, 5.41) is 3.87. The molecule has 2 aromatic carbocycles. The number of hydrogen-bond donors (Lipinski definition) is 1. The second-order valence-electron chi connectivity index (χ2n) is 4.99. The van der Waals surface area contributed by atoms with E-state index in [1.54, 1.807) is 4.68 Å². The second-order valence-corrected chi connectivity index (χ2v) is 6.16. The van der Waals surface area contributed by atoms with Gasteiger partial charge in [-0.3, -0.25) is 9.89 Å². The topological polar surface area (TPSA) is 37.8 Å². The van der Waals surface area contributed by atoms with Gasteiger partial charge in [-0.05, 0) is 48.6 Å². The van der Waals surface area contributed by atoms with Crippen LogP contribution in [0.4, 0.5) is 0 Å². The molecule has 21 heavy (non-hydrogen) atoms. The molecule has 1 heterocycles. The van der Waals surface area contributed by atoms with Crippen LogP contribution in [0.3, 0.4) is 0 Å². The molecule has 0 aliphatic heterocycles. The molecule has 0 aliphatic rings. The number of nitrogens with one attached hydrogen (secondary N) is 1. The van der Waals surface area contributed by atoms with Crippen molar-refractivity contribution in [2.45, 2.75) is 24.7 Å². The molecule has 108 valence electrons. The Kier molecular flexibility index (Phi) is 4.15. The van der Waals surface area contributed by atoms with Gasteiger partial charge in [0.15, 0.2) is 0 Å². The van der Waals surface area contributed by atoms with Crippen molar-refractivity contribution >= 4 is 22.7 Å². The molecule has 4 heteroatoms. The number of benzene rings is 2. The van der Waals surface area contributed by atoms with E-state index in [1.807, 2.05) is 48.2 Å². The Morgan fingerprint density at radius 3 is 2.57 bits per heavy atom. The zero-order valence-corrected chi connectivity index (χ0v) is 12.8. The van der Waals surface area contributed by atoms with Gasteiger partial charge < -0.3 is 0 Å². The van der Waals surface area contributed by atoms with Crippen LogP contribution in [-0.4, -0.2) is 15.5 Å². The summed E-state index contributed by atoms with van der Waals surface area (Å²) < 4.78 is 1.60. The predicted molar refractivity (Wildman–Crippen MR) is 89.5 cm³/mol. The predicted octanol–water partition coefficient (Wildman–Crippen LogP) is 4.21. The highest BCUT2D eigenvalue weighted by atomic mass is 32.2. The number of rotatable bonds is 5. The molecule has 0 amide bonds. The molecule has 0 saturated heterocycles. The van der Waals surface area contributed by atoms with E-state index in [2.05, 4.69) is 24.2 Å². The quantitative estimate of drug-likeness (QED) is 0.566. The first-order chi connectivity index (χ1) is 10.3. The van der Waals surface area contributed by atoms with E-state index in [-0.39, 0.29) is 5.56 Å².